The number of ether oxygens (including phenoxy) is 1. The van der Waals surface area contributed by atoms with Crippen molar-refractivity contribution < 1.29 is 27.9 Å². The van der Waals surface area contributed by atoms with Gasteiger partial charge >= 0.3 is 22.3 Å². The number of nitrogens with one attached hydrogen (secondary N) is 1. The van der Waals surface area contributed by atoms with E-state index in [0.717, 1.165) is 11.4 Å². The number of amides is 1. The summed E-state index contributed by atoms with van der Waals surface area (Å²) in [6, 6.07) is 0. The molecule has 1 aliphatic rings. The predicted molar refractivity (Wildman–Crippen MR) is 56.4 cm³/mol. The maximum atomic E-state index is 11.6. The summed E-state index contributed by atoms with van der Waals surface area (Å²) in [5.74, 6) is -1.06. The second kappa shape index (κ2) is 4.49. The first-order chi connectivity index (χ1) is 7.71. The molecule has 0 aromatic heterocycles. The number of rotatable bonds is 3. The molecule has 0 aliphatic carbocycles. The Balaban J connectivity index is 2.77. The molecule has 1 rings (SSSR count). The SMILES string of the molecule is COC(=O)NS(=O)(=O)N1CCC(C)(C(=O)O)C1. The van der Waals surface area contributed by atoms with Crippen molar-refractivity contribution in [3.8, 4) is 0 Å². The van der Waals surface area contributed by atoms with E-state index in [4.69, 9.17) is 5.11 Å². The van der Waals surface area contributed by atoms with Crippen molar-refractivity contribution in [3.05, 3.63) is 0 Å². The van der Waals surface area contributed by atoms with Crippen LogP contribution in [0.4, 0.5) is 4.79 Å². The first-order valence-electron chi connectivity index (χ1n) is 4.80. The molecule has 1 unspecified atom stereocenters. The molecular weight excluding hydrogens is 252 g/mol. The van der Waals surface area contributed by atoms with Crippen LogP contribution in [0.3, 0.4) is 0 Å². The minimum Gasteiger partial charge on any atom is -0.481 e. The third-order valence-corrected chi connectivity index (χ3v) is 4.11. The van der Waals surface area contributed by atoms with Crippen molar-refractivity contribution in [1.82, 2.24) is 9.03 Å². The van der Waals surface area contributed by atoms with Gasteiger partial charge in [-0.3, -0.25) is 4.79 Å². The van der Waals surface area contributed by atoms with Crippen LogP contribution < -0.4 is 4.72 Å². The Morgan fingerprint density at radius 3 is 2.47 bits per heavy atom. The van der Waals surface area contributed by atoms with Gasteiger partial charge in [-0.2, -0.15) is 12.7 Å². The van der Waals surface area contributed by atoms with E-state index in [1.807, 2.05) is 0 Å². The van der Waals surface area contributed by atoms with Crippen LogP contribution in [0.2, 0.25) is 0 Å². The Morgan fingerprint density at radius 1 is 1.47 bits per heavy atom. The van der Waals surface area contributed by atoms with Crippen LogP contribution in [0.5, 0.6) is 0 Å². The number of carbonyl (C=O) groups excluding carboxylic acids is 1. The summed E-state index contributed by atoms with van der Waals surface area (Å²) in [6.07, 6.45) is -0.904. The fraction of sp³-hybridized carbons (Fsp3) is 0.750. The highest BCUT2D eigenvalue weighted by Gasteiger charge is 2.44. The quantitative estimate of drug-likeness (QED) is 0.704. The summed E-state index contributed by atoms with van der Waals surface area (Å²) in [7, 11) is -2.99. The second-order valence-electron chi connectivity index (χ2n) is 4.05. The molecular formula is C8H14N2O6S. The van der Waals surface area contributed by atoms with Crippen LogP contribution >= 0.6 is 0 Å². The standard InChI is InChI=1S/C8H14N2O6S/c1-8(6(11)12)3-4-10(5-8)17(14,15)9-7(13)16-2/h3-5H2,1-2H3,(H,9,13)(H,11,12). The van der Waals surface area contributed by atoms with Gasteiger partial charge in [-0.15, -0.1) is 0 Å². The lowest BCUT2D eigenvalue weighted by atomic mass is 9.90. The third kappa shape index (κ3) is 2.86. The van der Waals surface area contributed by atoms with E-state index in [-0.39, 0.29) is 19.5 Å². The van der Waals surface area contributed by atoms with E-state index < -0.39 is 27.7 Å². The number of carbonyl (C=O) groups is 2. The lowest BCUT2D eigenvalue weighted by Crippen LogP contribution is -2.43. The lowest BCUT2D eigenvalue weighted by Gasteiger charge is -2.19. The largest absolute Gasteiger partial charge is 0.481 e. The first-order valence-corrected chi connectivity index (χ1v) is 6.24. The molecule has 0 aromatic carbocycles. The molecule has 1 heterocycles. The van der Waals surface area contributed by atoms with Gasteiger partial charge in [-0.25, -0.2) is 9.52 Å². The van der Waals surface area contributed by atoms with Gasteiger partial charge in [0.1, 0.15) is 0 Å². The normalized spacial score (nSPS) is 25.5. The zero-order valence-electron chi connectivity index (χ0n) is 9.47. The summed E-state index contributed by atoms with van der Waals surface area (Å²) in [4.78, 5) is 21.8. The van der Waals surface area contributed by atoms with Crippen molar-refractivity contribution in [2.75, 3.05) is 20.2 Å². The topological polar surface area (TPSA) is 113 Å². The number of aliphatic carboxylic acids is 1. The predicted octanol–water partition coefficient (Wildman–Crippen LogP) is -0.616. The fourth-order valence-electron chi connectivity index (χ4n) is 1.51. The Hall–Kier alpha value is -1.35. The molecule has 1 fully saturated rings. The molecule has 0 bridgehead atoms. The minimum atomic E-state index is -4.03. The van der Waals surface area contributed by atoms with Crippen molar-refractivity contribution in [2.24, 2.45) is 5.41 Å². The average molecular weight is 266 g/mol. The Labute approximate surface area is 98.7 Å². The van der Waals surface area contributed by atoms with E-state index in [0.29, 0.717) is 0 Å². The molecule has 2 N–H and O–H groups in total. The number of carboxylic acids is 1. The molecule has 0 radical (unpaired) electrons. The van der Waals surface area contributed by atoms with E-state index in [9.17, 15) is 18.0 Å². The van der Waals surface area contributed by atoms with Crippen molar-refractivity contribution in [3.63, 3.8) is 0 Å². The lowest BCUT2D eigenvalue weighted by molar-refractivity contribution is -0.146. The highest BCUT2D eigenvalue weighted by Crippen LogP contribution is 2.31. The van der Waals surface area contributed by atoms with Crippen LogP contribution in [0, 0.1) is 5.41 Å². The van der Waals surface area contributed by atoms with Gasteiger partial charge < -0.3 is 9.84 Å². The molecule has 1 amide bonds. The van der Waals surface area contributed by atoms with Gasteiger partial charge in [0.15, 0.2) is 0 Å². The molecule has 1 atom stereocenters. The van der Waals surface area contributed by atoms with Crippen LogP contribution in [-0.2, 0) is 19.7 Å². The molecule has 0 aromatic rings. The smallest absolute Gasteiger partial charge is 0.421 e. The summed E-state index contributed by atoms with van der Waals surface area (Å²) in [5, 5.41) is 8.95. The monoisotopic (exact) mass is 266 g/mol. The van der Waals surface area contributed by atoms with Gasteiger partial charge in [0.25, 0.3) is 0 Å². The minimum absolute atomic E-state index is 0.0507. The maximum Gasteiger partial charge on any atom is 0.421 e. The Kier molecular flexibility index (Phi) is 3.62. The summed E-state index contributed by atoms with van der Waals surface area (Å²) in [6.45, 7) is 1.34. The maximum absolute atomic E-state index is 11.6. The van der Waals surface area contributed by atoms with Gasteiger partial charge in [-0.1, -0.05) is 0 Å². The zero-order chi connectivity index (χ0) is 13.3. The van der Waals surface area contributed by atoms with Crippen molar-refractivity contribution in [1.29, 1.82) is 0 Å². The third-order valence-electron chi connectivity index (χ3n) is 2.69. The number of hydrogen-bond acceptors (Lipinski definition) is 5. The van der Waals surface area contributed by atoms with E-state index in [2.05, 4.69) is 4.74 Å². The highest BCUT2D eigenvalue weighted by atomic mass is 32.2. The zero-order valence-corrected chi connectivity index (χ0v) is 10.3. The van der Waals surface area contributed by atoms with Crippen LogP contribution in [0.15, 0.2) is 0 Å². The van der Waals surface area contributed by atoms with Crippen LogP contribution in [0.25, 0.3) is 0 Å². The second-order valence-corrected chi connectivity index (χ2v) is 5.72. The molecule has 17 heavy (non-hydrogen) atoms. The number of methoxy groups -OCH3 is 1. The molecule has 8 nitrogen and oxygen atoms in total. The van der Waals surface area contributed by atoms with Crippen LogP contribution in [-0.4, -0.2) is 50.1 Å². The summed E-state index contributed by atoms with van der Waals surface area (Å²) >= 11 is 0. The van der Waals surface area contributed by atoms with E-state index in [1.165, 1.54) is 6.92 Å². The molecule has 98 valence electrons. The molecule has 1 aliphatic heterocycles. The van der Waals surface area contributed by atoms with Gasteiger partial charge in [-0.05, 0) is 13.3 Å². The molecule has 0 spiro atoms. The average Bonchev–Trinajstić information content (AvgIpc) is 2.62. The molecule has 0 saturated carbocycles. The first kappa shape index (κ1) is 13.7. The van der Waals surface area contributed by atoms with Crippen molar-refractivity contribution >= 4 is 22.3 Å². The molecule has 9 heteroatoms. The van der Waals surface area contributed by atoms with Gasteiger partial charge in [0.2, 0.25) is 0 Å². The van der Waals surface area contributed by atoms with Crippen molar-refractivity contribution in [2.45, 2.75) is 13.3 Å². The van der Waals surface area contributed by atoms with Crippen LogP contribution in [0.1, 0.15) is 13.3 Å². The van der Waals surface area contributed by atoms with Gasteiger partial charge in [0, 0.05) is 13.1 Å². The fourth-order valence-corrected chi connectivity index (χ4v) is 2.72. The highest BCUT2D eigenvalue weighted by molar-refractivity contribution is 7.87. The summed E-state index contributed by atoms with van der Waals surface area (Å²) in [5.41, 5.74) is -1.12. The summed E-state index contributed by atoms with van der Waals surface area (Å²) < 4.78 is 30.0. The van der Waals surface area contributed by atoms with E-state index in [1.54, 1.807) is 4.72 Å². The number of nitrogens with zero attached hydrogens (tertiary/aromatic N) is 1. The number of carboxylic acid groups (broad SMARTS) is 1. The Morgan fingerprint density at radius 2 is 2.06 bits per heavy atom. The van der Waals surface area contributed by atoms with Gasteiger partial charge in [0.05, 0.1) is 12.5 Å². The molecule has 1 saturated heterocycles. The van der Waals surface area contributed by atoms with E-state index >= 15 is 0 Å². The number of hydrogen-bond donors (Lipinski definition) is 2. The Bertz CT molecular complexity index is 433.